The lowest BCUT2D eigenvalue weighted by molar-refractivity contribution is 0.0976. The minimum Gasteiger partial charge on any atom is -0.347 e. The van der Waals surface area contributed by atoms with Gasteiger partial charge in [-0.2, -0.15) is 11.8 Å². The van der Waals surface area contributed by atoms with Crippen LogP contribution >= 0.6 is 23.1 Å². The predicted octanol–water partition coefficient (Wildman–Crippen LogP) is 3.38. The highest BCUT2D eigenvalue weighted by atomic mass is 32.2. The van der Waals surface area contributed by atoms with Crippen LogP contribution in [0.2, 0.25) is 0 Å². The van der Waals surface area contributed by atoms with Crippen LogP contribution in [0.3, 0.4) is 0 Å². The van der Waals surface area contributed by atoms with E-state index in [1.54, 1.807) is 11.3 Å². The van der Waals surface area contributed by atoms with Gasteiger partial charge in [-0.3, -0.25) is 4.79 Å². The largest absolute Gasteiger partial charge is 0.347 e. The lowest BCUT2D eigenvalue weighted by Gasteiger charge is -2.22. The molecule has 1 aromatic heterocycles. The van der Waals surface area contributed by atoms with Crippen molar-refractivity contribution in [2.45, 2.75) is 44.3 Å². The molecule has 19 heavy (non-hydrogen) atoms. The summed E-state index contributed by atoms with van der Waals surface area (Å²) in [7, 11) is 0. The second-order valence-corrected chi connectivity index (χ2v) is 8.67. The van der Waals surface area contributed by atoms with Gasteiger partial charge in [0.25, 0.3) is 0 Å². The first-order chi connectivity index (χ1) is 9.05. The Labute approximate surface area is 122 Å². The molecule has 0 amide bonds. The lowest BCUT2D eigenvalue weighted by Crippen LogP contribution is -2.26. The number of thiazole rings is 1. The van der Waals surface area contributed by atoms with Gasteiger partial charge in [0.15, 0.2) is 10.9 Å². The van der Waals surface area contributed by atoms with Gasteiger partial charge in [0.05, 0.1) is 10.6 Å². The molecule has 104 valence electrons. The number of hydrogen-bond donors (Lipinski definition) is 0. The van der Waals surface area contributed by atoms with Gasteiger partial charge in [-0.1, -0.05) is 25.2 Å². The SMILES string of the molecule is CC1(C)CCN(c2nc3c(s2)C(=O)CCC3)CCS1. The molecule has 1 saturated heterocycles. The van der Waals surface area contributed by atoms with Gasteiger partial charge in [0, 0.05) is 30.0 Å². The fourth-order valence-electron chi connectivity index (χ4n) is 2.60. The van der Waals surface area contributed by atoms with Gasteiger partial charge in [-0.05, 0) is 19.3 Å². The van der Waals surface area contributed by atoms with Crippen molar-refractivity contribution < 1.29 is 4.79 Å². The van der Waals surface area contributed by atoms with Crippen LogP contribution in [0, 0.1) is 0 Å². The Balaban J connectivity index is 1.81. The highest BCUT2D eigenvalue weighted by Crippen LogP contribution is 2.36. The van der Waals surface area contributed by atoms with Crippen molar-refractivity contribution in [3.05, 3.63) is 10.6 Å². The molecule has 1 aliphatic heterocycles. The van der Waals surface area contributed by atoms with E-state index < -0.39 is 0 Å². The first-order valence-electron chi connectivity index (χ1n) is 6.97. The van der Waals surface area contributed by atoms with E-state index in [2.05, 4.69) is 18.7 Å². The maximum Gasteiger partial charge on any atom is 0.186 e. The molecule has 0 atom stereocenters. The second kappa shape index (κ2) is 5.09. The number of Topliss-reactive ketones (excluding diaryl/α,β-unsaturated/α-hetero) is 1. The number of carbonyl (C=O) groups excluding carboxylic acids is 1. The van der Waals surface area contributed by atoms with Crippen LogP contribution < -0.4 is 4.90 Å². The van der Waals surface area contributed by atoms with Crippen LogP contribution in [0.5, 0.6) is 0 Å². The van der Waals surface area contributed by atoms with E-state index in [1.165, 1.54) is 6.42 Å². The summed E-state index contributed by atoms with van der Waals surface area (Å²) in [5, 5.41) is 1.07. The molecule has 0 bridgehead atoms. The molecule has 1 aromatic rings. The summed E-state index contributed by atoms with van der Waals surface area (Å²) in [6.07, 6.45) is 3.83. The van der Waals surface area contributed by atoms with Crippen molar-refractivity contribution in [2.75, 3.05) is 23.7 Å². The van der Waals surface area contributed by atoms with E-state index >= 15 is 0 Å². The number of aromatic nitrogens is 1. The third-order valence-electron chi connectivity index (χ3n) is 3.87. The van der Waals surface area contributed by atoms with Crippen LogP contribution in [0.1, 0.15) is 48.5 Å². The monoisotopic (exact) mass is 296 g/mol. The van der Waals surface area contributed by atoms with Crippen molar-refractivity contribution in [3.63, 3.8) is 0 Å². The van der Waals surface area contributed by atoms with E-state index in [1.807, 2.05) is 11.8 Å². The van der Waals surface area contributed by atoms with Crippen molar-refractivity contribution in [2.24, 2.45) is 0 Å². The van der Waals surface area contributed by atoms with Crippen molar-refractivity contribution in [3.8, 4) is 0 Å². The molecule has 0 aromatic carbocycles. The number of carbonyl (C=O) groups is 1. The number of anilines is 1. The van der Waals surface area contributed by atoms with Gasteiger partial charge >= 0.3 is 0 Å². The summed E-state index contributed by atoms with van der Waals surface area (Å²) in [6, 6.07) is 0. The number of hydrogen-bond acceptors (Lipinski definition) is 5. The van der Waals surface area contributed by atoms with Crippen LogP contribution in [-0.2, 0) is 6.42 Å². The average Bonchev–Trinajstić information content (AvgIpc) is 2.70. The van der Waals surface area contributed by atoms with Crippen LogP contribution in [0.15, 0.2) is 0 Å². The van der Waals surface area contributed by atoms with Crippen LogP contribution in [0.4, 0.5) is 5.13 Å². The number of thioether (sulfide) groups is 1. The van der Waals surface area contributed by atoms with Gasteiger partial charge < -0.3 is 4.90 Å². The molecule has 0 saturated carbocycles. The maximum atomic E-state index is 11.9. The molecule has 0 N–H and O–H groups in total. The van der Waals surface area contributed by atoms with Crippen LogP contribution in [-0.4, -0.2) is 34.4 Å². The molecule has 0 radical (unpaired) electrons. The fraction of sp³-hybridized carbons (Fsp3) is 0.714. The summed E-state index contributed by atoms with van der Waals surface area (Å²) in [6.45, 7) is 6.74. The average molecular weight is 296 g/mol. The van der Waals surface area contributed by atoms with Crippen molar-refractivity contribution >= 4 is 34.0 Å². The summed E-state index contributed by atoms with van der Waals surface area (Å²) in [5.41, 5.74) is 1.05. The predicted molar refractivity (Wildman–Crippen MR) is 82.7 cm³/mol. The Morgan fingerprint density at radius 2 is 2.11 bits per heavy atom. The van der Waals surface area contributed by atoms with Gasteiger partial charge in [0.2, 0.25) is 0 Å². The minimum absolute atomic E-state index is 0.300. The fourth-order valence-corrected chi connectivity index (χ4v) is 4.83. The van der Waals surface area contributed by atoms with Gasteiger partial charge in [-0.15, -0.1) is 0 Å². The molecule has 0 spiro atoms. The third-order valence-corrected chi connectivity index (χ3v) is 6.44. The zero-order chi connectivity index (χ0) is 13.5. The Morgan fingerprint density at radius 1 is 1.26 bits per heavy atom. The van der Waals surface area contributed by atoms with Gasteiger partial charge in [0.1, 0.15) is 0 Å². The molecule has 3 rings (SSSR count). The molecule has 0 unspecified atom stereocenters. The highest BCUT2D eigenvalue weighted by molar-refractivity contribution is 8.00. The third kappa shape index (κ3) is 2.82. The lowest BCUT2D eigenvalue weighted by atomic mass is 10.0. The Bertz CT molecular complexity index is 496. The molecule has 2 aliphatic rings. The second-order valence-electron chi connectivity index (χ2n) is 5.89. The zero-order valence-corrected chi connectivity index (χ0v) is 13.2. The Hall–Kier alpha value is -0.550. The van der Waals surface area contributed by atoms with Crippen LogP contribution in [0.25, 0.3) is 0 Å². The summed E-state index contributed by atoms with van der Waals surface area (Å²) >= 11 is 3.66. The topological polar surface area (TPSA) is 33.2 Å². The zero-order valence-electron chi connectivity index (χ0n) is 11.6. The molecule has 1 aliphatic carbocycles. The standard InChI is InChI=1S/C14H20N2OS2/c1-14(2)6-7-16(8-9-18-14)13-15-10-4-3-5-11(17)12(10)19-13/h3-9H2,1-2H3. The van der Waals surface area contributed by atoms with Gasteiger partial charge in [-0.25, -0.2) is 4.98 Å². The van der Waals surface area contributed by atoms with Crippen molar-refractivity contribution in [1.29, 1.82) is 0 Å². The Morgan fingerprint density at radius 3 is 2.89 bits per heavy atom. The number of rotatable bonds is 1. The molecule has 2 heterocycles. The van der Waals surface area contributed by atoms with Crippen molar-refractivity contribution in [1.82, 2.24) is 4.98 Å². The normalized spacial score (nSPS) is 23.1. The molecule has 5 heteroatoms. The van der Waals surface area contributed by atoms with E-state index in [0.29, 0.717) is 17.0 Å². The summed E-state index contributed by atoms with van der Waals surface area (Å²) in [5.74, 6) is 1.44. The smallest absolute Gasteiger partial charge is 0.186 e. The molecule has 1 fully saturated rings. The Kier molecular flexibility index (Phi) is 3.60. The van der Waals surface area contributed by atoms with E-state index in [4.69, 9.17) is 4.98 Å². The van der Waals surface area contributed by atoms with E-state index in [-0.39, 0.29) is 0 Å². The quantitative estimate of drug-likeness (QED) is 0.795. The first-order valence-corrected chi connectivity index (χ1v) is 8.77. The molecule has 3 nitrogen and oxygen atoms in total. The maximum absolute atomic E-state index is 11.9. The number of fused-ring (bicyclic) bond motifs is 1. The summed E-state index contributed by atoms with van der Waals surface area (Å²) < 4.78 is 0.363. The number of aryl methyl sites for hydroxylation is 1. The number of ketones is 1. The number of nitrogens with zero attached hydrogens (tertiary/aromatic N) is 2. The summed E-state index contributed by atoms with van der Waals surface area (Å²) in [4.78, 5) is 19.9. The van der Waals surface area contributed by atoms with E-state index in [9.17, 15) is 4.79 Å². The first kappa shape index (κ1) is 13.4. The highest BCUT2D eigenvalue weighted by Gasteiger charge is 2.27. The van der Waals surface area contributed by atoms with E-state index in [0.717, 1.165) is 47.4 Å². The minimum atomic E-state index is 0.300. The molecular weight excluding hydrogens is 276 g/mol. The molecular formula is C14H20N2OS2.